The Hall–Kier alpha value is -0.440. The molecule has 2 aliphatic heterocycles. The summed E-state index contributed by atoms with van der Waals surface area (Å²) in [6, 6.07) is 0. The Balaban J connectivity index is 2.11. The van der Waals surface area contributed by atoms with Crippen LogP contribution in [0.25, 0.3) is 0 Å². The van der Waals surface area contributed by atoms with Gasteiger partial charge >= 0.3 is 0 Å². The van der Waals surface area contributed by atoms with E-state index in [1.807, 2.05) is 0 Å². The number of hydrogen-bond donors (Lipinski definition) is 8. The molecule has 0 unspecified atom stereocenters. The number of hydrogen-bond acceptors (Lipinski definition) is 11. The van der Waals surface area contributed by atoms with Gasteiger partial charge < -0.3 is 55.1 Å². The number of aliphatic hydroxyl groups is 8. The Labute approximate surface area is 130 Å². The van der Waals surface area contributed by atoms with Crippen LogP contribution in [-0.4, -0.2) is 115 Å². The molecule has 0 aromatic rings. The van der Waals surface area contributed by atoms with Crippen LogP contribution in [0, 0.1) is 0 Å². The minimum absolute atomic E-state index is 0.667. The van der Waals surface area contributed by atoms with Crippen LogP contribution in [0.5, 0.6) is 0 Å². The summed E-state index contributed by atoms with van der Waals surface area (Å²) in [7, 11) is 0. The van der Waals surface area contributed by atoms with E-state index in [1.54, 1.807) is 0 Å². The lowest BCUT2D eigenvalue weighted by Gasteiger charge is -2.45. The number of ether oxygens (including phenoxy) is 3. The number of aliphatic hydroxyl groups excluding tert-OH is 8. The first kappa shape index (κ1) is 18.9. The molecular weight excluding hydrogens is 320 g/mol. The van der Waals surface area contributed by atoms with Gasteiger partial charge in [-0.2, -0.15) is 0 Å². The zero-order valence-corrected chi connectivity index (χ0v) is 12.0. The largest absolute Gasteiger partial charge is 0.394 e. The fraction of sp³-hybridized carbons (Fsp3) is 1.00. The SMILES string of the molecule is OC[C@@H]1O[C@@H](O[C@H]2[C@H](O)[C@@H](O)[C@@H](O)O[C@@H]2CO)[C@H](O)[C@@H](O)[C@H]1O. The predicted molar refractivity (Wildman–Crippen MR) is 68.6 cm³/mol. The van der Waals surface area contributed by atoms with Crippen molar-refractivity contribution in [1.82, 2.24) is 0 Å². The van der Waals surface area contributed by atoms with Crippen molar-refractivity contribution in [3.8, 4) is 0 Å². The Morgan fingerprint density at radius 1 is 0.652 bits per heavy atom. The normalized spacial score (nSPS) is 51.7. The highest BCUT2D eigenvalue weighted by molar-refractivity contribution is 4.93. The van der Waals surface area contributed by atoms with E-state index in [2.05, 4.69) is 0 Å². The van der Waals surface area contributed by atoms with E-state index in [-0.39, 0.29) is 0 Å². The molecule has 10 atom stereocenters. The average Bonchev–Trinajstić information content (AvgIpc) is 2.55. The molecule has 2 heterocycles. The van der Waals surface area contributed by atoms with Crippen molar-refractivity contribution in [2.75, 3.05) is 13.2 Å². The fourth-order valence-electron chi connectivity index (χ4n) is 2.57. The predicted octanol–water partition coefficient (Wildman–Crippen LogP) is -5.40. The second-order valence-corrected chi connectivity index (χ2v) is 5.53. The maximum atomic E-state index is 9.94. The van der Waals surface area contributed by atoms with Gasteiger partial charge in [0.25, 0.3) is 0 Å². The molecule has 0 saturated carbocycles. The molecule has 11 heteroatoms. The van der Waals surface area contributed by atoms with Crippen molar-refractivity contribution in [2.24, 2.45) is 0 Å². The highest BCUT2D eigenvalue weighted by Gasteiger charge is 2.50. The molecule has 2 saturated heterocycles. The second kappa shape index (κ2) is 7.63. The molecule has 23 heavy (non-hydrogen) atoms. The average molecular weight is 342 g/mol. The lowest BCUT2D eigenvalue weighted by Crippen LogP contribution is -2.64. The molecule has 2 rings (SSSR count). The van der Waals surface area contributed by atoms with Crippen LogP contribution in [0.3, 0.4) is 0 Å². The summed E-state index contributed by atoms with van der Waals surface area (Å²) in [6.07, 6.45) is -15.6. The highest BCUT2D eigenvalue weighted by Crippen LogP contribution is 2.28. The third-order valence-electron chi connectivity index (χ3n) is 3.98. The van der Waals surface area contributed by atoms with Crippen molar-refractivity contribution in [3.63, 3.8) is 0 Å². The van der Waals surface area contributed by atoms with Crippen LogP contribution in [0.1, 0.15) is 0 Å². The van der Waals surface area contributed by atoms with Crippen LogP contribution in [-0.2, 0) is 14.2 Å². The smallest absolute Gasteiger partial charge is 0.187 e. The molecule has 2 fully saturated rings. The molecule has 0 aromatic carbocycles. The standard InChI is InChI=1S/C12H22O11/c13-1-3-5(15)6(16)9(19)12(22-3)23-10-4(2-14)21-11(20)8(18)7(10)17/h3-20H,1-2H2/t3-,4+,5-,6-,7+,8+,9+,10+,11-,12-/m0/s1. The van der Waals surface area contributed by atoms with Crippen molar-refractivity contribution < 1.29 is 55.1 Å². The third kappa shape index (κ3) is 3.65. The summed E-state index contributed by atoms with van der Waals surface area (Å²) in [5.41, 5.74) is 0. The molecule has 0 bridgehead atoms. The van der Waals surface area contributed by atoms with E-state index in [1.165, 1.54) is 0 Å². The van der Waals surface area contributed by atoms with Crippen LogP contribution < -0.4 is 0 Å². The van der Waals surface area contributed by atoms with Gasteiger partial charge in [-0.25, -0.2) is 0 Å². The van der Waals surface area contributed by atoms with Gasteiger partial charge in [0.05, 0.1) is 13.2 Å². The molecule has 0 radical (unpaired) electrons. The van der Waals surface area contributed by atoms with Gasteiger partial charge in [0.15, 0.2) is 12.6 Å². The van der Waals surface area contributed by atoms with E-state index in [0.717, 1.165) is 0 Å². The van der Waals surface area contributed by atoms with Crippen molar-refractivity contribution in [1.29, 1.82) is 0 Å². The van der Waals surface area contributed by atoms with Crippen molar-refractivity contribution >= 4 is 0 Å². The first-order valence-electron chi connectivity index (χ1n) is 7.08. The lowest BCUT2D eigenvalue weighted by molar-refractivity contribution is -0.355. The monoisotopic (exact) mass is 342 g/mol. The van der Waals surface area contributed by atoms with Gasteiger partial charge in [0, 0.05) is 0 Å². The van der Waals surface area contributed by atoms with Crippen LogP contribution in [0.4, 0.5) is 0 Å². The van der Waals surface area contributed by atoms with E-state index in [0.29, 0.717) is 0 Å². The summed E-state index contributed by atoms with van der Waals surface area (Å²) in [5, 5.41) is 76.5. The molecule has 0 spiro atoms. The maximum Gasteiger partial charge on any atom is 0.187 e. The van der Waals surface area contributed by atoms with Gasteiger partial charge in [0.1, 0.15) is 48.8 Å². The number of rotatable bonds is 4. The quantitative estimate of drug-likeness (QED) is 0.243. The first-order chi connectivity index (χ1) is 10.8. The van der Waals surface area contributed by atoms with Crippen molar-refractivity contribution in [3.05, 3.63) is 0 Å². The second-order valence-electron chi connectivity index (χ2n) is 5.53. The molecule has 0 aliphatic carbocycles. The molecule has 8 N–H and O–H groups in total. The lowest BCUT2D eigenvalue weighted by atomic mass is 9.97. The molecule has 11 nitrogen and oxygen atoms in total. The zero-order chi connectivity index (χ0) is 17.3. The molecule has 0 amide bonds. The van der Waals surface area contributed by atoms with E-state index < -0.39 is 74.6 Å². The highest BCUT2D eigenvalue weighted by atomic mass is 16.7. The Morgan fingerprint density at radius 2 is 1.26 bits per heavy atom. The minimum atomic E-state index is -1.74. The van der Waals surface area contributed by atoms with Crippen LogP contribution in [0.15, 0.2) is 0 Å². The summed E-state index contributed by atoms with van der Waals surface area (Å²) in [4.78, 5) is 0. The molecular formula is C12H22O11. The first-order valence-corrected chi connectivity index (χ1v) is 7.08. The topological polar surface area (TPSA) is 190 Å². The molecule has 136 valence electrons. The Bertz CT molecular complexity index is 378. The van der Waals surface area contributed by atoms with Crippen LogP contribution >= 0.6 is 0 Å². The molecule has 2 aliphatic rings. The van der Waals surface area contributed by atoms with Gasteiger partial charge in [-0.3, -0.25) is 0 Å². The summed E-state index contributed by atoms with van der Waals surface area (Å²) in [6.45, 7) is -1.35. The summed E-state index contributed by atoms with van der Waals surface area (Å²) in [5.74, 6) is 0. The third-order valence-corrected chi connectivity index (χ3v) is 3.98. The molecule has 0 aromatic heterocycles. The van der Waals surface area contributed by atoms with Crippen LogP contribution in [0.2, 0.25) is 0 Å². The van der Waals surface area contributed by atoms with Gasteiger partial charge in [-0.1, -0.05) is 0 Å². The fourth-order valence-corrected chi connectivity index (χ4v) is 2.57. The van der Waals surface area contributed by atoms with E-state index >= 15 is 0 Å². The van der Waals surface area contributed by atoms with Gasteiger partial charge in [0.2, 0.25) is 0 Å². The van der Waals surface area contributed by atoms with Gasteiger partial charge in [-0.05, 0) is 0 Å². The minimum Gasteiger partial charge on any atom is -0.394 e. The zero-order valence-electron chi connectivity index (χ0n) is 12.0. The Kier molecular flexibility index (Phi) is 6.27. The van der Waals surface area contributed by atoms with E-state index in [9.17, 15) is 35.7 Å². The van der Waals surface area contributed by atoms with Gasteiger partial charge in [-0.15, -0.1) is 0 Å². The Morgan fingerprint density at radius 3 is 1.83 bits per heavy atom. The maximum absolute atomic E-state index is 9.94. The van der Waals surface area contributed by atoms with Crippen molar-refractivity contribution in [2.45, 2.75) is 61.4 Å². The summed E-state index contributed by atoms with van der Waals surface area (Å²) < 4.78 is 15.3. The summed E-state index contributed by atoms with van der Waals surface area (Å²) >= 11 is 0. The van der Waals surface area contributed by atoms with E-state index in [4.69, 9.17) is 19.3 Å².